The van der Waals surface area contributed by atoms with Crippen LogP contribution in [0.3, 0.4) is 0 Å². The molecule has 0 unspecified atom stereocenters. The van der Waals surface area contributed by atoms with E-state index in [0.717, 1.165) is 28.3 Å². The number of nitrogens with one attached hydrogen (secondary N) is 1. The van der Waals surface area contributed by atoms with Gasteiger partial charge < -0.3 is 4.98 Å². The molecule has 2 aromatic carbocycles. The standard InChI is InChI=1S/C16H11Cl2NO/c1-9-6-7-13(18)14-11(8-20)16(19-15(9)14)10-4-2-3-5-12(10)17/h2-8,19H,1H3. The summed E-state index contributed by atoms with van der Waals surface area (Å²) in [6.07, 6.45) is 0.822. The summed E-state index contributed by atoms with van der Waals surface area (Å²) in [7, 11) is 0. The van der Waals surface area contributed by atoms with Gasteiger partial charge in [0.25, 0.3) is 0 Å². The molecule has 4 heteroatoms. The number of aldehydes is 1. The van der Waals surface area contributed by atoms with Crippen molar-refractivity contribution in [2.75, 3.05) is 0 Å². The van der Waals surface area contributed by atoms with Crippen LogP contribution >= 0.6 is 23.2 Å². The Balaban J connectivity index is 2.44. The molecule has 0 saturated carbocycles. The lowest BCUT2D eigenvalue weighted by Crippen LogP contribution is -1.85. The monoisotopic (exact) mass is 303 g/mol. The van der Waals surface area contributed by atoms with Crippen LogP contribution in [0.1, 0.15) is 15.9 Å². The van der Waals surface area contributed by atoms with Gasteiger partial charge in [0.05, 0.1) is 16.2 Å². The molecular weight excluding hydrogens is 293 g/mol. The molecule has 0 aliphatic rings. The van der Waals surface area contributed by atoms with Crippen molar-refractivity contribution >= 4 is 40.4 Å². The van der Waals surface area contributed by atoms with E-state index in [-0.39, 0.29) is 0 Å². The maximum absolute atomic E-state index is 11.5. The zero-order valence-corrected chi connectivity index (χ0v) is 12.2. The van der Waals surface area contributed by atoms with Crippen molar-refractivity contribution in [2.24, 2.45) is 0 Å². The highest BCUT2D eigenvalue weighted by Crippen LogP contribution is 2.37. The molecule has 0 atom stereocenters. The van der Waals surface area contributed by atoms with E-state index in [1.54, 1.807) is 12.1 Å². The van der Waals surface area contributed by atoms with Crippen molar-refractivity contribution < 1.29 is 4.79 Å². The van der Waals surface area contributed by atoms with Gasteiger partial charge >= 0.3 is 0 Å². The molecule has 100 valence electrons. The average molecular weight is 304 g/mol. The lowest BCUT2D eigenvalue weighted by atomic mass is 10.1. The van der Waals surface area contributed by atoms with Gasteiger partial charge in [-0.15, -0.1) is 0 Å². The van der Waals surface area contributed by atoms with E-state index < -0.39 is 0 Å². The number of aromatic amines is 1. The number of H-pyrrole nitrogens is 1. The Morgan fingerprint density at radius 2 is 1.80 bits per heavy atom. The fourth-order valence-electron chi connectivity index (χ4n) is 2.42. The van der Waals surface area contributed by atoms with Crippen LogP contribution in [-0.4, -0.2) is 11.3 Å². The molecule has 0 radical (unpaired) electrons. The van der Waals surface area contributed by atoms with E-state index in [4.69, 9.17) is 23.2 Å². The van der Waals surface area contributed by atoms with Gasteiger partial charge in [0.2, 0.25) is 0 Å². The van der Waals surface area contributed by atoms with Crippen LogP contribution in [0.15, 0.2) is 36.4 Å². The van der Waals surface area contributed by atoms with Crippen LogP contribution in [0.2, 0.25) is 10.0 Å². The number of aryl methyl sites for hydroxylation is 1. The molecule has 0 aliphatic carbocycles. The third-order valence-electron chi connectivity index (χ3n) is 3.41. The minimum atomic E-state index is 0.543. The Kier molecular flexibility index (Phi) is 3.28. The van der Waals surface area contributed by atoms with E-state index >= 15 is 0 Å². The van der Waals surface area contributed by atoms with Crippen molar-refractivity contribution in [1.82, 2.24) is 4.98 Å². The summed E-state index contributed by atoms with van der Waals surface area (Å²) < 4.78 is 0. The zero-order valence-electron chi connectivity index (χ0n) is 10.7. The van der Waals surface area contributed by atoms with Crippen molar-refractivity contribution in [1.29, 1.82) is 0 Å². The number of carbonyl (C=O) groups excluding carboxylic acids is 1. The predicted molar refractivity (Wildman–Crippen MR) is 83.9 cm³/mol. The van der Waals surface area contributed by atoms with E-state index in [0.29, 0.717) is 21.3 Å². The molecule has 3 rings (SSSR count). The van der Waals surface area contributed by atoms with Crippen molar-refractivity contribution in [3.8, 4) is 11.3 Å². The minimum absolute atomic E-state index is 0.543. The molecule has 0 spiro atoms. The van der Waals surface area contributed by atoms with Crippen LogP contribution in [0.5, 0.6) is 0 Å². The number of carbonyl (C=O) groups is 1. The molecule has 1 N–H and O–H groups in total. The van der Waals surface area contributed by atoms with Crippen LogP contribution in [-0.2, 0) is 0 Å². The summed E-state index contributed by atoms with van der Waals surface area (Å²) in [5.74, 6) is 0. The highest BCUT2D eigenvalue weighted by molar-refractivity contribution is 6.37. The van der Waals surface area contributed by atoms with Gasteiger partial charge in [0, 0.05) is 21.5 Å². The first kappa shape index (κ1) is 13.2. The van der Waals surface area contributed by atoms with Gasteiger partial charge in [-0.1, -0.05) is 47.5 Å². The Morgan fingerprint density at radius 3 is 2.50 bits per heavy atom. The second-order valence-corrected chi connectivity index (χ2v) is 5.44. The predicted octanol–water partition coefficient (Wildman–Crippen LogP) is 5.26. The molecule has 1 aromatic heterocycles. The largest absolute Gasteiger partial charge is 0.354 e. The Bertz CT molecular complexity index is 821. The highest BCUT2D eigenvalue weighted by atomic mass is 35.5. The molecule has 0 aliphatic heterocycles. The lowest BCUT2D eigenvalue weighted by Gasteiger charge is -2.02. The number of rotatable bonds is 2. The maximum atomic E-state index is 11.5. The van der Waals surface area contributed by atoms with E-state index in [1.165, 1.54) is 0 Å². The molecule has 20 heavy (non-hydrogen) atoms. The normalized spacial score (nSPS) is 10.9. The third-order valence-corrected chi connectivity index (χ3v) is 4.06. The minimum Gasteiger partial charge on any atom is -0.354 e. The summed E-state index contributed by atoms with van der Waals surface area (Å²) in [4.78, 5) is 14.8. The number of aromatic nitrogens is 1. The van der Waals surface area contributed by atoms with Gasteiger partial charge in [-0.3, -0.25) is 4.79 Å². The first-order valence-electron chi connectivity index (χ1n) is 6.14. The first-order valence-corrected chi connectivity index (χ1v) is 6.90. The fraction of sp³-hybridized carbons (Fsp3) is 0.0625. The van der Waals surface area contributed by atoms with E-state index in [9.17, 15) is 4.79 Å². The summed E-state index contributed by atoms with van der Waals surface area (Å²) in [6, 6.07) is 11.1. The smallest absolute Gasteiger partial charge is 0.152 e. The molecule has 0 fully saturated rings. The van der Waals surface area contributed by atoms with Crippen LogP contribution in [0.4, 0.5) is 0 Å². The SMILES string of the molecule is Cc1ccc(Cl)c2c(C=O)c(-c3ccccc3Cl)[nH]c12. The number of fused-ring (bicyclic) bond motifs is 1. The van der Waals surface area contributed by atoms with Gasteiger partial charge in [0.15, 0.2) is 6.29 Å². The molecule has 1 heterocycles. The Labute approximate surface area is 126 Å². The molecule has 2 nitrogen and oxygen atoms in total. The number of benzene rings is 2. The lowest BCUT2D eigenvalue weighted by molar-refractivity contribution is 0.112. The van der Waals surface area contributed by atoms with E-state index in [2.05, 4.69) is 4.98 Å². The molecule has 3 aromatic rings. The summed E-state index contributed by atoms with van der Waals surface area (Å²) in [6.45, 7) is 1.97. The number of halogens is 2. The Hall–Kier alpha value is -1.77. The van der Waals surface area contributed by atoms with Crippen molar-refractivity contribution in [3.05, 3.63) is 57.6 Å². The molecule has 0 saturated heterocycles. The van der Waals surface area contributed by atoms with Gasteiger partial charge in [-0.25, -0.2) is 0 Å². The van der Waals surface area contributed by atoms with Crippen LogP contribution in [0.25, 0.3) is 22.2 Å². The van der Waals surface area contributed by atoms with Crippen LogP contribution < -0.4 is 0 Å². The molecule has 0 bridgehead atoms. The number of hydrogen-bond donors (Lipinski definition) is 1. The van der Waals surface area contributed by atoms with Crippen molar-refractivity contribution in [2.45, 2.75) is 6.92 Å². The second-order valence-electron chi connectivity index (χ2n) is 4.63. The highest BCUT2D eigenvalue weighted by Gasteiger charge is 2.17. The molecular formula is C16H11Cl2NO. The Morgan fingerprint density at radius 1 is 1.05 bits per heavy atom. The van der Waals surface area contributed by atoms with Gasteiger partial charge in [-0.05, 0) is 24.6 Å². The van der Waals surface area contributed by atoms with E-state index in [1.807, 2.05) is 31.2 Å². The quantitative estimate of drug-likeness (QED) is 0.643. The summed E-state index contributed by atoms with van der Waals surface area (Å²) >= 11 is 12.5. The zero-order chi connectivity index (χ0) is 14.3. The van der Waals surface area contributed by atoms with Gasteiger partial charge in [0.1, 0.15) is 0 Å². The number of hydrogen-bond acceptors (Lipinski definition) is 1. The first-order chi connectivity index (χ1) is 9.63. The van der Waals surface area contributed by atoms with Crippen LogP contribution in [0, 0.1) is 6.92 Å². The fourth-order valence-corrected chi connectivity index (χ4v) is 2.91. The topological polar surface area (TPSA) is 32.9 Å². The third kappa shape index (κ3) is 1.92. The van der Waals surface area contributed by atoms with Crippen molar-refractivity contribution in [3.63, 3.8) is 0 Å². The second kappa shape index (κ2) is 4.97. The summed E-state index contributed by atoms with van der Waals surface area (Å²) in [5, 5.41) is 1.90. The average Bonchev–Trinajstić information content (AvgIpc) is 2.84. The van der Waals surface area contributed by atoms with Gasteiger partial charge in [-0.2, -0.15) is 0 Å². The molecule has 0 amide bonds. The maximum Gasteiger partial charge on any atom is 0.152 e. The summed E-state index contributed by atoms with van der Waals surface area (Å²) in [5.41, 5.74) is 3.95.